The van der Waals surface area contributed by atoms with E-state index in [1.807, 2.05) is 0 Å². The van der Waals surface area contributed by atoms with Crippen LogP contribution < -0.4 is 10.0 Å². The highest BCUT2D eigenvalue weighted by molar-refractivity contribution is 7.90. The number of rotatable bonds is 6. The molecule has 2 atom stereocenters. The van der Waals surface area contributed by atoms with Gasteiger partial charge in [-0.05, 0) is 38.8 Å². The third-order valence-electron chi connectivity index (χ3n) is 2.90. The van der Waals surface area contributed by atoms with E-state index in [9.17, 15) is 8.42 Å². The fourth-order valence-corrected chi connectivity index (χ4v) is 2.87. The van der Waals surface area contributed by atoms with Crippen LogP contribution in [0.2, 0.25) is 0 Å². The molecular weight excluding hydrogens is 228 g/mol. The molecule has 0 aromatic carbocycles. The molecule has 0 aliphatic carbocycles. The van der Waals surface area contributed by atoms with Gasteiger partial charge in [0.05, 0.1) is 11.9 Å². The van der Waals surface area contributed by atoms with Crippen LogP contribution in [0.1, 0.15) is 19.8 Å². The summed E-state index contributed by atoms with van der Waals surface area (Å²) in [6, 6.07) is 0. The molecule has 16 heavy (non-hydrogen) atoms. The molecule has 1 aliphatic heterocycles. The standard InChI is InChI=1S/C10H22N2O3S/c1-9(8-15-2)16(13,14)12-7-10-4-3-5-11-6-10/h9-12H,3-8H2,1-2H3. The number of nitrogens with one attached hydrogen (secondary N) is 2. The van der Waals surface area contributed by atoms with Crippen LogP contribution in [0.4, 0.5) is 0 Å². The van der Waals surface area contributed by atoms with Crippen molar-refractivity contribution in [3.63, 3.8) is 0 Å². The number of hydrogen-bond donors (Lipinski definition) is 2. The van der Waals surface area contributed by atoms with Gasteiger partial charge in [-0.1, -0.05) is 0 Å². The molecule has 2 N–H and O–H groups in total. The fourth-order valence-electron chi connectivity index (χ4n) is 1.80. The van der Waals surface area contributed by atoms with E-state index in [0.29, 0.717) is 12.5 Å². The van der Waals surface area contributed by atoms with E-state index in [0.717, 1.165) is 25.9 Å². The molecule has 0 saturated carbocycles. The lowest BCUT2D eigenvalue weighted by Gasteiger charge is -2.23. The van der Waals surface area contributed by atoms with Crippen LogP contribution in [0.15, 0.2) is 0 Å². The maximum absolute atomic E-state index is 11.8. The minimum absolute atomic E-state index is 0.234. The maximum atomic E-state index is 11.8. The second-order valence-corrected chi connectivity index (χ2v) is 6.56. The number of ether oxygens (including phenoxy) is 1. The average Bonchev–Trinajstić information content (AvgIpc) is 2.28. The van der Waals surface area contributed by atoms with Crippen molar-refractivity contribution in [3.05, 3.63) is 0 Å². The third kappa shape index (κ3) is 4.37. The summed E-state index contributed by atoms with van der Waals surface area (Å²) in [6.45, 7) is 4.37. The van der Waals surface area contributed by atoms with Gasteiger partial charge in [-0.2, -0.15) is 0 Å². The Morgan fingerprint density at radius 2 is 2.31 bits per heavy atom. The highest BCUT2D eigenvalue weighted by atomic mass is 32.2. The molecule has 6 heteroatoms. The smallest absolute Gasteiger partial charge is 0.216 e. The van der Waals surface area contributed by atoms with Gasteiger partial charge in [0.15, 0.2) is 0 Å². The Balaban J connectivity index is 2.34. The van der Waals surface area contributed by atoms with Crippen molar-refractivity contribution in [2.75, 3.05) is 33.4 Å². The molecule has 1 aliphatic rings. The number of piperidine rings is 1. The molecule has 0 bridgehead atoms. The molecule has 1 fully saturated rings. The van der Waals surface area contributed by atoms with Crippen LogP contribution in [0.25, 0.3) is 0 Å². The first-order valence-electron chi connectivity index (χ1n) is 5.74. The van der Waals surface area contributed by atoms with Crippen molar-refractivity contribution in [3.8, 4) is 0 Å². The van der Waals surface area contributed by atoms with Gasteiger partial charge in [0.2, 0.25) is 10.0 Å². The highest BCUT2D eigenvalue weighted by Gasteiger charge is 2.22. The Morgan fingerprint density at radius 1 is 1.56 bits per heavy atom. The molecule has 1 rings (SSSR count). The van der Waals surface area contributed by atoms with Crippen LogP contribution in [0, 0.1) is 5.92 Å². The van der Waals surface area contributed by atoms with E-state index in [4.69, 9.17) is 4.74 Å². The fraction of sp³-hybridized carbons (Fsp3) is 1.00. The van der Waals surface area contributed by atoms with Gasteiger partial charge in [0.1, 0.15) is 0 Å². The van der Waals surface area contributed by atoms with E-state index >= 15 is 0 Å². The zero-order chi connectivity index (χ0) is 12.0. The van der Waals surface area contributed by atoms with Crippen LogP contribution in [-0.2, 0) is 14.8 Å². The molecule has 96 valence electrons. The zero-order valence-electron chi connectivity index (χ0n) is 10.0. The largest absolute Gasteiger partial charge is 0.383 e. The van der Waals surface area contributed by atoms with Crippen molar-refractivity contribution < 1.29 is 13.2 Å². The molecule has 5 nitrogen and oxygen atoms in total. The van der Waals surface area contributed by atoms with Crippen LogP contribution in [-0.4, -0.2) is 47.0 Å². The molecule has 1 heterocycles. The quantitative estimate of drug-likeness (QED) is 0.693. The van der Waals surface area contributed by atoms with Crippen LogP contribution in [0.3, 0.4) is 0 Å². The highest BCUT2D eigenvalue weighted by Crippen LogP contribution is 2.09. The Hall–Kier alpha value is -0.170. The van der Waals surface area contributed by atoms with Crippen molar-refractivity contribution >= 4 is 10.0 Å². The van der Waals surface area contributed by atoms with Gasteiger partial charge in [-0.15, -0.1) is 0 Å². The first kappa shape index (κ1) is 13.9. The van der Waals surface area contributed by atoms with E-state index in [-0.39, 0.29) is 6.61 Å². The summed E-state index contributed by atoms with van der Waals surface area (Å²) < 4.78 is 31.0. The Kier molecular flexibility index (Phi) is 5.68. The van der Waals surface area contributed by atoms with Gasteiger partial charge < -0.3 is 10.1 Å². The third-order valence-corrected chi connectivity index (χ3v) is 4.67. The summed E-state index contributed by atoms with van der Waals surface area (Å²) in [5.74, 6) is 0.415. The predicted octanol–water partition coefficient (Wildman–Crippen LogP) is -0.0597. The topological polar surface area (TPSA) is 67.4 Å². The molecule has 0 amide bonds. The summed E-state index contributed by atoms with van der Waals surface area (Å²) >= 11 is 0. The molecule has 0 radical (unpaired) electrons. The zero-order valence-corrected chi connectivity index (χ0v) is 10.8. The summed E-state index contributed by atoms with van der Waals surface area (Å²) in [6.07, 6.45) is 2.22. The number of hydrogen-bond acceptors (Lipinski definition) is 4. The summed E-state index contributed by atoms with van der Waals surface area (Å²) in [7, 11) is -1.71. The summed E-state index contributed by atoms with van der Waals surface area (Å²) in [5.41, 5.74) is 0. The lowest BCUT2D eigenvalue weighted by Crippen LogP contribution is -2.41. The predicted molar refractivity (Wildman–Crippen MR) is 63.9 cm³/mol. The first-order valence-corrected chi connectivity index (χ1v) is 7.29. The normalized spacial score (nSPS) is 24.2. The Bertz CT molecular complexity index is 286. The van der Waals surface area contributed by atoms with Crippen molar-refractivity contribution in [1.29, 1.82) is 0 Å². The lowest BCUT2D eigenvalue weighted by molar-refractivity contribution is 0.200. The minimum atomic E-state index is -3.22. The van der Waals surface area contributed by atoms with E-state index in [1.54, 1.807) is 6.92 Å². The van der Waals surface area contributed by atoms with Crippen molar-refractivity contribution in [2.45, 2.75) is 25.0 Å². The summed E-state index contributed by atoms with van der Waals surface area (Å²) in [4.78, 5) is 0. The van der Waals surface area contributed by atoms with E-state index in [1.165, 1.54) is 7.11 Å². The first-order chi connectivity index (χ1) is 7.56. The summed E-state index contributed by atoms with van der Waals surface area (Å²) in [5, 5.41) is 2.77. The lowest BCUT2D eigenvalue weighted by atomic mass is 10.0. The Morgan fingerprint density at radius 3 is 2.88 bits per heavy atom. The van der Waals surface area contributed by atoms with Crippen molar-refractivity contribution in [2.24, 2.45) is 5.92 Å². The number of sulfonamides is 1. The molecule has 2 unspecified atom stereocenters. The van der Waals surface area contributed by atoms with Gasteiger partial charge in [0.25, 0.3) is 0 Å². The van der Waals surface area contributed by atoms with Crippen LogP contribution >= 0.6 is 0 Å². The Labute approximate surface area is 98.0 Å². The second kappa shape index (κ2) is 6.54. The number of methoxy groups -OCH3 is 1. The monoisotopic (exact) mass is 250 g/mol. The molecule has 0 aromatic rings. The minimum Gasteiger partial charge on any atom is -0.383 e. The van der Waals surface area contributed by atoms with E-state index < -0.39 is 15.3 Å². The van der Waals surface area contributed by atoms with E-state index in [2.05, 4.69) is 10.0 Å². The maximum Gasteiger partial charge on any atom is 0.216 e. The van der Waals surface area contributed by atoms with Gasteiger partial charge in [-0.3, -0.25) is 0 Å². The molecular formula is C10H22N2O3S. The molecule has 0 aromatic heterocycles. The molecule has 1 saturated heterocycles. The van der Waals surface area contributed by atoms with Gasteiger partial charge in [-0.25, -0.2) is 13.1 Å². The molecule has 0 spiro atoms. The van der Waals surface area contributed by atoms with Crippen LogP contribution in [0.5, 0.6) is 0 Å². The van der Waals surface area contributed by atoms with Gasteiger partial charge in [0, 0.05) is 13.7 Å². The van der Waals surface area contributed by atoms with Crippen molar-refractivity contribution in [1.82, 2.24) is 10.0 Å². The average molecular weight is 250 g/mol. The second-order valence-electron chi connectivity index (χ2n) is 4.37. The van der Waals surface area contributed by atoms with Gasteiger partial charge >= 0.3 is 0 Å². The SMILES string of the molecule is COCC(C)S(=O)(=O)NCC1CCCNC1.